The molecule has 0 aliphatic rings. The van der Waals surface area contributed by atoms with Crippen molar-refractivity contribution in [2.45, 2.75) is 26.3 Å². The lowest BCUT2D eigenvalue weighted by Crippen LogP contribution is -2.00. The number of hydrogen-bond acceptors (Lipinski definition) is 4. The molecule has 20 heavy (non-hydrogen) atoms. The highest BCUT2D eigenvalue weighted by molar-refractivity contribution is 5.54. The fraction of sp³-hybridized carbons (Fsp3) is 0.250. The Hall–Kier alpha value is -2.36. The van der Waals surface area contributed by atoms with Crippen LogP contribution < -0.4 is 5.32 Å². The van der Waals surface area contributed by atoms with Crippen LogP contribution in [0.2, 0.25) is 0 Å². The highest BCUT2D eigenvalue weighted by Gasteiger charge is 2.10. The molecule has 2 aromatic carbocycles. The lowest BCUT2D eigenvalue weighted by Gasteiger charge is -2.10. The van der Waals surface area contributed by atoms with Gasteiger partial charge in [-0.1, -0.05) is 25.5 Å². The number of anilines is 1. The van der Waals surface area contributed by atoms with Crippen LogP contribution in [0.1, 0.15) is 24.5 Å². The van der Waals surface area contributed by atoms with Crippen LogP contribution >= 0.6 is 0 Å². The van der Waals surface area contributed by atoms with E-state index in [2.05, 4.69) is 24.4 Å². The molecular weight excluding hydrogens is 254 g/mol. The standard InChI is InChI=1S/C16H19NO3/c1-2-3-11-4-7-13(8-5-11)17-10-12-6-9-14(18)16(20)15(12)19/h4-9,17-20H,2-3,10H2,1H3. The van der Waals surface area contributed by atoms with Crippen molar-refractivity contribution in [1.82, 2.24) is 0 Å². The minimum absolute atomic E-state index is 0.292. The van der Waals surface area contributed by atoms with Crippen molar-refractivity contribution in [3.05, 3.63) is 47.5 Å². The summed E-state index contributed by atoms with van der Waals surface area (Å²) >= 11 is 0. The largest absolute Gasteiger partial charge is 0.504 e. The van der Waals surface area contributed by atoms with Gasteiger partial charge in [-0.25, -0.2) is 0 Å². The summed E-state index contributed by atoms with van der Waals surface area (Å²) in [6, 6.07) is 11.0. The maximum atomic E-state index is 9.72. The van der Waals surface area contributed by atoms with Crippen LogP contribution in [0.3, 0.4) is 0 Å². The summed E-state index contributed by atoms with van der Waals surface area (Å²) in [7, 11) is 0. The monoisotopic (exact) mass is 273 g/mol. The van der Waals surface area contributed by atoms with Crippen LogP contribution in [-0.4, -0.2) is 15.3 Å². The van der Waals surface area contributed by atoms with Gasteiger partial charge in [-0.15, -0.1) is 0 Å². The summed E-state index contributed by atoms with van der Waals surface area (Å²) in [6.45, 7) is 2.51. The Labute approximate surface area is 118 Å². The number of rotatable bonds is 5. The van der Waals surface area contributed by atoms with Crippen molar-refractivity contribution < 1.29 is 15.3 Å². The van der Waals surface area contributed by atoms with Gasteiger partial charge >= 0.3 is 0 Å². The molecule has 0 heterocycles. The van der Waals surface area contributed by atoms with Crippen LogP contribution in [0.15, 0.2) is 36.4 Å². The summed E-state index contributed by atoms with van der Waals surface area (Å²) in [5.41, 5.74) is 2.76. The maximum Gasteiger partial charge on any atom is 0.200 e. The molecule has 4 heteroatoms. The van der Waals surface area contributed by atoms with E-state index in [-0.39, 0.29) is 11.5 Å². The first kappa shape index (κ1) is 14.1. The molecular formula is C16H19NO3. The van der Waals surface area contributed by atoms with E-state index in [0.717, 1.165) is 18.5 Å². The van der Waals surface area contributed by atoms with E-state index in [1.807, 2.05) is 12.1 Å². The van der Waals surface area contributed by atoms with Crippen molar-refractivity contribution in [3.8, 4) is 17.2 Å². The number of nitrogens with one attached hydrogen (secondary N) is 1. The van der Waals surface area contributed by atoms with Crippen LogP contribution in [0, 0.1) is 0 Å². The molecule has 0 atom stereocenters. The van der Waals surface area contributed by atoms with Crippen molar-refractivity contribution in [3.63, 3.8) is 0 Å². The van der Waals surface area contributed by atoms with Gasteiger partial charge in [-0.05, 0) is 36.2 Å². The molecule has 0 fully saturated rings. The number of phenolic OH excluding ortho intramolecular Hbond substituents is 3. The first-order valence-corrected chi connectivity index (χ1v) is 6.67. The molecule has 4 nitrogen and oxygen atoms in total. The Balaban J connectivity index is 2.03. The van der Waals surface area contributed by atoms with Crippen molar-refractivity contribution in [2.24, 2.45) is 0 Å². The summed E-state index contributed by atoms with van der Waals surface area (Å²) in [4.78, 5) is 0. The highest BCUT2D eigenvalue weighted by Crippen LogP contribution is 2.37. The first-order chi connectivity index (χ1) is 9.61. The van der Waals surface area contributed by atoms with Gasteiger partial charge < -0.3 is 20.6 Å². The Morgan fingerprint density at radius 2 is 1.60 bits per heavy atom. The zero-order valence-electron chi connectivity index (χ0n) is 11.4. The molecule has 0 radical (unpaired) electrons. The summed E-state index contributed by atoms with van der Waals surface area (Å²) in [5.74, 6) is -1.10. The second kappa shape index (κ2) is 6.19. The fourth-order valence-electron chi connectivity index (χ4n) is 2.03. The molecule has 4 N–H and O–H groups in total. The third-order valence-electron chi connectivity index (χ3n) is 3.19. The Kier molecular flexibility index (Phi) is 4.35. The van der Waals surface area contributed by atoms with Gasteiger partial charge in [0, 0.05) is 17.8 Å². The minimum Gasteiger partial charge on any atom is -0.504 e. The lowest BCUT2D eigenvalue weighted by molar-refractivity contribution is 0.365. The number of phenols is 3. The van der Waals surface area contributed by atoms with E-state index in [4.69, 9.17) is 0 Å². The predicted octanol–water partition coefficient (Wildman–Crippen LogP) is 3.37. The highest BCUT2D eigenvalue weighted by atomic mass is 16.3. The van der Waals surface area contributed by atoms with E-state index in [9.17, 15) is 15.3 Å². The molecule has 0 bridgehead atoms. The molecule has 0 saturated heterocycles. The molecule has 2 aromatic rings. The third-order valence-corrected chi connectivity index (χ3v) is 3.19. The number of benzene rings is 2. The average molecular weight is 273 g/mol. The zero-order chi connectivity index (χ0) is 14.5. The normalized spacial score (nSPS) is 10.4. The summed E-state index contributed by atoms with van der Waals surface area (Å²) in [5, 5.41) is 31.6. The second-order valence-corrected chi connectivity index (χ2v) is 4.74. The van der Waals surface area contributed by atoms with Crippen LogP contribution in [0.5, 0.6) is 17.2 Å². The third kappa shape index (κ3) is 3.15. The Morgan fingerprint density at radius 3 is 2.25 bits per heavy atom. The van der Waals surface area contributed by atoms with Crippen molar-refractivity contribution >= 4 is 5.69 Å². The zero-order valence-corrected chi connectivity index (χ0v) is 11.4. The molecule has 0 unspecified atom stereocenters. The van der Waals surface area contributed by atoms with Gasteiger partial charge in [-0.2, -0.15) is 0 Å². The Morgan fingerprint density at radius 1 is 0.900 bits per heavy atom. The van der Waals surface area contributed by atoms with Crippen molar-refractivity contribution in [1.29, 1.82) is 0 Å². The summed E-state index contributed by atoms with van der Waals surface area (Å²) in [6.07, 6.45) is 2.18. The smallest absolute Gasteiger partial charge is 0.200 e. The maximum absolute atomic E-state index is 9.72. The number of hydrogen-bond donors (Lipinski definition) is 4. The number of aromatic hydroxyl groups is 3. The summed E-state index contributed by atoms with van der Waals surface area (Å²) < 4.78 is 0. The van der Waals surface area contributed by atoms with Gasteiger partial charge in [0.25, 0.3) is 0 Å². The van der Waals surface area contributed by atoms with Crippen LogP contribution in [0.4, 0.5) is 5.69 Å². The lowest BCUT2D eigenvalue weighted by atomic mass is 10.1. The molecule has 0 amide bonds. The average Bonchev–Trinajstić information content (AvgIpc) is 2.46. The first-order valence-electron chi connectivity index (χ1n) is 6.67. The SMILES string of the molecule is CCCc1ccc(NCc2ccc(O)c(O)c2O)cc1. The molecule has 0 aromatic heterocycles. The van der Waals surface area contributed by atoms with Gasteiger partial charge in [0.15, 0.2) is 11.5 Å². The molecule has 0 aliphatic carbocycles. The number of aryl methyl sites for hydroxylation is 1. The van der Waals surface area contributed by atoms with Crippen LogP contribution in [-0.2, 0) is 13.0 Å². The fourth-order valence-corrected chi connectivity index (χ4v) is 2.03. The van der Waals surface area contributed by atoms with Crippen LogP contribution in [0.25, 0.3) is 0 Å². The second-order valence-electron chi connectivity index (χ2n) is 4.74. The van der Waals surface area contributed by atoms with Gasteiger partial charge in [0.05, 0.1) is 0 Å². The molecule has 106 valence electrons. The predicted molar refractivity (Wildman–Crippen MR) is 79.2 cm³/mol. The van der Waals surface area contributed by atoms with E-state index in [1.54, 1.807) is 6.07 Å². The minimum atomic E-state index is -0.484. The molecule has 0 spiro atoms. The van der Waals surface area contributed by atoms with E-state index < -0.39 is 5.75 Å². The van der Waals surface area contributed by atoms with Gasteiger partial charge in [0.1, 0.15) is 0 Å². The quantitative estimate of drug-likeness (QED) is 0.630. The van der Waals surface area contributed by atoms with E-state index in [1.165, 1.54) is 11.6 Å². The van der Waals surface area contributed by atoms with Gasteiger partial charge in [-0.3, -0.25) is 0 Å². The Bertz CT molecular complexity index is 579. The van der Waals surface area contributed by atoms with Gasteiger partial charge in [0.2, 0.25) is 5.75 Å². The molecule has 0 aliphatic heterocycles. The van der Waals surface area contributed by atoms with Crippen molar-refractivity contribution in [2.75, 3.05) is 5.32 Å². The van der Waals surface area contributed by atoms with E-state index >= 15 is 0 Å². The topological polar surface area (TPSA) is 72.7 Å². The van der Waals surface area contributed by atoms with E-state index in [0.29, 0.717) is 12.1 Å². The molecule has 2 rings (SSSR count). The molecule has 0 saturated carbocycles.